The lowest BCUT2D eigenvalue weighted by Gasteiger charge is -2.32. The van der Waals surface area contributed by atoms with Crippen LogP contribution in [-0.2, 0) is 0 Å². The zero-order valence-electron chi connectivity index (χ0n) is 10.8. The van der Waals surface area contributed by atoms with Gasteiger partial charge < -0.3 is 5.11 Å². The van der Waals surface area contributed by atoms with Gasteiger partial charge in [-0.15, -0.1) is 0 Å². The zero-order chi connectivity index (χ0) is 14.2. The second-order valence-electron chi connectivity index (χ2n) is 5.03. The molecule has 0 aliphatic heterocycles. The summed E-state index contributed by atoms with van der Waals surface area (Å²) in [5.41, 5.74) is 3.14. The van der Waals surface area contributed by atoms with Crippen molar-refractivity contribution in [3.05, 3.63) is 22.7 Å². The van der Waals surface area contributed by atoms with Crippen molar-refractivity contribution in [2.24, 2.45) is 0 Å². The van der Waals surface area contributed by atoms with Gasteiger partial charge in [0.05, 0.1) is 15.8 Å². The van der Waals surface area contributed by atoms with Gasteiger partial charge in [0.1, 0.15) is 0 Å². The number of thiazole rings is 1. The van der Waals surface area contributed by atoms with Gasteiger partial charge in [0.2, 0.25) is 5.13 Å². The summed E-state index contributed by atoms with van der Waals surface area (Å²) < 4.78 is 1.97. The zero-order valence-corrected chi connectivity index (χ0v) is 13.2. The Morgan fingerprint density at radius 3 is 2.74 bits per heavy atom. The van der Waals surface area contributed by atoms with Crippen LogP contribution in [0.15, 0.2) is 22.7 Å². The molecule has 0 unspecified atom stereocenters. The number of aromatic nitrogens is 1. The van der Waals surface area contributed by atoms with Crippen molar-refractivity contribution in [1.29, 1.82) is 0 Å². The number of fused-ring (bicyclic) bond motifs is 1. The Morgan fingerprint density at radius 1 is 1.47 bits per heavy atom. The van der Waals surface area contributed by atoms with E-state index >= 15 is 0 Å². The van der Waals surface area contributed by atoms with Crippen LogP contribution in [0, 0.1) is 0 Å². The molecule has 5 nitrogen and oxygen atoms in total. The molecule has 0 saturated heterocycles. The van der Waals surface area contributed by atoms with E-state index in [0.29, 0.717) is 5.13 Å². The average Bonchev–Trinajstić information content (AvgIpc) is 2.65. The van der Waals surface area contributed by atoms with E-state index < -0.39 is 11.6 Å². The highest BCUT2D eigenvalue weighted by Gasteiger charge is 2.27. The van der Waals surface area contributed by atoms with Crippen LogP contribution in [-0.4, -0.2) is 26.7 Å². The summed E-state index contributed by atoms with van der Waals surface area (Å²) in [7, 11) is 0. The number of hydrogen-bond donors (Lipinski definition) is 2. The maximum Gasteiger partial charge on any atom is 0.426 e. The number of hydrogen-bond acceptors (Lipinski definition) is 4. The molecule has 1 aromatic carbocycles. The van der Waals surface area contributed by atoms with Crippen LogP contribution in [0.4, 0.5) is 9.93 Å². The molecule has 0 aliphatic carbocycles. The molecule has 2 aromatic rings. The van der Waals surface area contributed by atoms with Gasteiger partial charge >= 0.3 is 6.09 Å². The monoisotopic (exact) mass is 343 g/mol. The van der Waals surface area contributed by atoms with Crippen molar-refractivity contribution in [2.45, 2.75) is 26.3 Å². The third-order valence-electron chi connectivity index (χ3n) is 2.42. The normalized spacial score (nSPS) is 11.6. The summed E-state index contributed by atoms with van der Waals surface area (Å²) in [5.74, 6) is 0. The minimum atomic E-state index is -1.03. The Morgan fingerprint density at radius 2 is 2.16 bits per heavy atom. The summed E-state index contributed by atoms with van der Waals surface area (Å²) in [6.07, 6.45) is -1.03. The predicted molar refractivity (Wildman–Crippen MR) is 80.6 cm³/mol. The summed E-state index contributed by atoms with van der Waals surface area (Å²) in [6.45, 7) is 5.45. The average molecular weight is 344 g/mol. The smallest absolute Gasteiger partial charge is 0.426 e. The van der Waals surface area contributed by atoms with E-state index in [0.717, 1.165) is 19.7 Å². The molecule has 102 valence electrons. The highest BCUT2D eigenvalue weighted by atomic mass is 79.9. The van der Waals surface area contributed by atoms with Crippen LogP contribution in [0.5, 0.6) is 0 Å². The molecule has 0 radical (unpaired) electrons. The molecule has 1 amide bonds. The van der Waals surface area contributed by atoms with Crippen LogP contribution in [0.1, 0.15) is 20.8 Å². The van der Waals surface area contributed by atoms with Gasteiger partial charge in [-0.1, -0.05) is 27.3 Å². The molecular weight excluding hydrogens is 330 g/mol. The van der Waals surface area contributed by atoms with Gasteiger partial charge in [0.15, 0.2) is 0 Å². The Labute approximate surface area is 123 Å². The van der Waals surface area contributed by atoms with Crippen LogP contribution < -0.4 is 5.43 Å². The van der Waals surface area contributed by atoms with Crippen molar-refractivity contribution < 1.29 is 9.90 Å². The maximum atomic E-state index is 11.3. The Hall–Kier alpha value is -1.34. The maximum absolute atomic E-state index is 11.3. The first-order chi connectivity index (χ1) is 8.77. The van der Waals surface area contributed by atoms with Crippen molar-refractivity contribution in [3.8, 4) is 0 Å². The predicted octanol–water partition coefficient (Wildman–Crippen LogP) is 4.16. The Bertz CT molecular complexity index is 621. The third kappa shape index (κ3) is 3.16. The van der Waals surface area contributed by atoms with E-state index in [1.165, 1.54) is 11.3 Å². The molecule has 0 bridgehead atoms. The fourth-order valence-corrected chi connectivity index (χ4v) is 2.95. The van der Waals surface area contributed by atoms with Crippen LogP contribution in [0.3, 0.4) is 0 Å². The highest BCUT2D eigenvalue weighted by Crippen LogP contribution is 2.29. The van der Waals surface area contributed by atoms with Crippen molar-refractivity contribution >= 4 is 48.7 Å². The molecule has 0 aliphatic rings. The van der Waals surface area contributed by atoms with Gasteiger partial charge in [-0.05, 0) is 39.0 Å². The number of carboxylic acid groups (broad SMARTS) is 1. The van der Waals surface area contributed by atoms with E-state index in [1.54, 1.807) is 0 Å². The SMILES string of the molecule is CC(C)(C)N(Nc1nc2ccc(Br)cc2s1)C(=O)O. The number of nitrogens with one attached hydrogen (secondary N) is 1. The molecule has 0 atom stereocenters. The number of amides is 1. The molecule has 0 spiro atoms. The number of rotatable bonds is 2. The second kappa shape index (κ2) is 4.97. The van der Waals surface area contributed by atoms with Crippen LogP contribution in [0.25, 0.3) is 10.2 Å². The first-order valence-corrected chi connectivity index (χ1v) is 7.24. The summed E-state index contributed by atoms with van der Waals surface area (Å²) in [5, 5.41) is 10.9. The number of halogens is 1. The minimum Gasteiger partial charge on any atom is -0.464 e. The lowest BCUT2D eigenvalue weighted by atomic mass is 10.1. The Balaban J connectivity index is 2.32. The van der Waals surface area contributed by atoms with Gasteiger partial charge in [0.25, 0.3) is 0 Å². The standard InChI is InChI=1S/C12H14BrN3O2S/c1-12(2,3)16(11(17)18)15-10-14-8-5-4-7(13)6-9(8)19-10/h4-6H,1-3H3,(H,14,15)(H,17,18). The van der Waals surface area contributed by atoms with Crippen molar-refractivity contribution in [3.63, 3.8) is 0 Å². The van der Waals surface area contributed by atoms with Gasteiger partial charge in [-0.3, -0.25) is 5.43 Å². The first kappa shape index (κ1) is 14.1. The molecule has 1 aromatic heterocycles. The number of benzene rings is 1. The molecule has 7 heteroatoms. The lowest BCUT2D eigenvalue weighted by molar-refractivity contribution is 0.117. The fourth-order valence-electron chi connectivity index (χ4n) is 1.54. The van der Waals surface area contributed by atoms with Gasteiger partial charge in [0, 0.05) is 4.47 Å². The van der Waals surface area contributed by atoms with E-state index in [1.807, 2.05) is 39.0 Å². The largest absolute Gasteiger partial charge is 0.464 e. The summed E-state index contributed by atoms with van der Waals surface area (Å²) >= 11 is 4.82. The molecule has 0 fully saturated rings. The quantitative estimate of drug-likeness (QED) is 0.803. The second-order valence-corrected chi connectivity index (χ2v) is 6.98. The van der Waals surface area contributed by atoms with E-state index in [-0.39, 0.29) is 0 Å². The van der Waals surface area contributed by atoms with E-state index in [4.69, 9.17) is 0 Å². The van der Waals surface area contributed by atoms with E-state index in [9.17, 15) is 9.90 Å². The highest BCUT2D eigenvalue weighted by molar-refractivity contribution is 9.10. The minimum absolute atomic E-state index is 0.551. The molecule has 19 heavy (non-hydrogen) atoms. The van der Waals surface area contributed by atoms with Gasteiger partial charge in [-0.25, -0.2) is 14.8 Å². The summed E-state index contributed by atoms with van der Waals surface area (Å²) in [6, 6.07) is 5.76. The number of carbonyl (C=O) groups is 1. The van der Waals surface area contributed by atoms with Crippen molar-refractivity contribution in [2.75, 3.05) is 5.43 Å². The van der Waals surface area contributed by atoms with Crippen LogP contribution >= 0.6 is 27.3 Å². The third-order valence-corrected chi connectivity index (χ3v) is 3.84. The molecule has 2 rings (SSSR count). The first-order valence-electron chi connectivity index (χ1n) is 5.63. The van der Waals surface area contributed by atoms with Crippen molar-refractivity contribution in [1.82, 2.24) is 9.99 Å². The molecule has 2 N–H and O–H groups in total. The Kier molecular flexibility index (Phi) is 3.69. The van der Waals surface area contributed by atoms with Crippen LogP contribution in [0.2, 0.25) is 0 Å². The molecule has 1 heterocycles. The van der Waals surface area contributed by atoms with E-state index in [2.05, 4.69) is 26.3 Å². The summed E-state index contributed by atoms with van der Waals surface area (Å²) in [4.78, 5) is 15.6. The number of hydrazine groups is 1. The lowest BCUT2D eigenvalue weighted by Crippen LogP contribution is -2.48. The fraction of sp³-hybridized carbons (Fsp3) is 0.333. The number of anilines is 1. The molecule has 0 saturated carbocycles. The topological polar surface area (TPSA) is 65.5 Å². The van der Waals surface area contributed by atoms with Gasteiger partial charge in [-0.2, -0.15) is 0 Å². The number of nitrogens with zero attached hydrogens (tertiary/aromatic N) is 2. The molecular formula is C12H14BrN3O2S.